The molecule has 0 aliphatic heterocycles. The second-order valence-corrected chi connectivity index (χ2v) is 2.91. The maximum atomic E-state index is 9.10. The molecular weight excluding hydrogens is 167 g/mol. The normalized spacial score (nSPS) is 9.14. The van der Waals surface area contributed by atoms with Crippen molar-refractivity contribution in [2.24, 2.45) is 0 Å². The first kappa shape index (κ1) is 10.9. The van der Waals surface area contributed by atoms with Gasteiger partial charge in [-0.1, -0.05) is 42.5 Å². The van der Waals surface area contributed by atoms with Gasteiger partial charge in [-0.3, -0.25) is 0 Å². The van der Waals surface area contributed by atoms with Gasteiger partial charge in [-0.2, -0.15) is 0 Å². The number of hydrogen-bond donors (Lipinski definition) is 1. The molecule has 66 valence electrons. The summed E-state index contributed by atoms with van der Waals surface area (Å²) in [6.45, 7) is 0. The molecule has 2 aromatic rings. The van der Waals surface area contributed by atoms with Gasteiger partial charge in [0, 0.05) is 0 Å². The first-order chi connectivity index (χ1) is 6.36. The van der Waals surface area contributed by atoms with E-state index in [2.05, 4.69) is 0 Å². The third-order valence-electron chi connectivity index (χ3n) is 1.97. The predicted octanol–water partition coefficient (Wildman–Crippen LogP) is 2.41. The molecule has 14 heavy (non-hydrogen) atoms. The number of benzene rings is 2. The van der Waals surface area contributed by atoms with Gasteiger partial charge < -0.3 is 5.11 Å². The molecule has 1 N–H and O–H groups in total. The summed E-state index contributed by atoms with van der Waals surface area (Å²) in [4.78, 5) is 0. The van der Waals surface area contributed by atoms with Gasteiger partial charge in [0.2, 0.25) is 0 Å². The Morgan fingerprint density at radius 1 is 0.643 bits per heavy atom. The predicted molar refractivity (Wildman–Crippen MR) is 60.7 cm³/mol. The van der Waals surface area contributed by atoms with Crippen LogP contribution in [0.2, 0.25) is 0 Å². The van der Waals surface area contributed by atoms with E-state index >= 15 is 0 Å². The Morgan fingerprint density at radius 2 is 1.14 bits per heavy atom. The van der Waals surface area contributed by atoms with E-state index in [9.17, 15) is 0 Å². The molecule has 0 saturated carbocycles. The fourth-order valence-electron chi connectivity index (χ4n) is 1.28. The quantitative estimate of drug-likeness (QED) is 0.665. The van der Waals surface area contributed by atoms with E-state index in [0.717, 1.165) is 5.56 Å². The molecule has 0 amide bonds. The van der Waals surface area contributed by atoms with E-state index in [4.69, 9.17) is 5.11 Å². The molecule has 0 aromatic heterocycles. The Balaban J connectivity index is 0.000000980. The van der Waals surface area contributed by atoms with Gasteiger partial charge in [0.05, 0.1) is 0 Å². The van der Waals surface area contributed by atoms with Crippen molar-refractivity contribution in [1.29, 1.82) is 0 Å². The van der Waals surface area contributed by atoms with Gasteiger partial charge in [0.1, 0.15) is 5.75 Å². The van der Waals surface area contributed by atoms with E-state index in [1.54, 1.807) is 12.1 Å². The molecule has 0 atom stereocenters. The Bertz CT molecular complexity index is 381. The van der Waals surface area contributed by atoms with Crippen LogP contribution in [0.4, 0.5) is 0 Å². The van der Waals surface area contributed by atoms with Gasteiger partial charge >= 0.3 is 18.9 Å². The van der Waals surface area contributed by atoms with Crippen molar-refractivity contribution in [2.45, 2.75) is 0 Å². The SMILES string of the molecule is Oc1ccc(-c2ccccc2)cc1.[LiH]. The Labute approximate surface area is 95.6 Å². The number of aromatic hydroxyl groups is 1. The number of rotatable bonds is 1. The molecule has 0 unspecified atom stereocenters. The third-order valence-corrected chi connectivity index (χ3v) is 1.97. The molecule has 0 heterocycles. The van der Waals surface area contributed by atoms with E-state index in [1.807, 2.05) is 42.5 Å². The summed E-state index contributed by atoms with van der Waals surface area (Å²) in [6.07, 6.45) is 0. The number of phenolic OH excluding ortho intramolecular Hbond substituents is 1. The van der Waals surface area contributed by atoms with E-state index < -0.39 is 0 Å². The van der Waals surface area contributed by atoms with Crippen LogP contribution in [0.25, 0.3) is 11.1 Å². The summed E-state index contributed by atoms with van der Waals surface area (Å²) in [7, 11) is 0. The van der Waals surface area contributed by atoms with Gasteiger partial charge in [-0.25, -0.2) is 0 Å². The summed E-state index contributed by atoms with van der Waals surface area (Å²) >= 11 is 0. The van der Waals surface area contributed by atoms with Crippen molar-refractivity contribution in [1.82, 2.24) is 0 Å². The van der Waals surface area contributed by atoms with Gasteiger partial charge in [0.25, 0.3) is 0 Å². The molecule has 1 nitrogen and oxygen atoms in total. The van der Waals surface area contributed by atoms with Crippen LogP contribution in [0, 0.1) is 0 Å². The van der Waals surface area contributed by atoms with E-state index in [0.29, 0.717) is 5.75 Å². The van der Waals surface area contributed by atoms with Crippen LogP contribution >= 0.6 is 0 Å². The molecule has 0 bridgehead atoms. The zero-order valence-electron chi connectivity index (χ0n) is 7.14. The second-order valence-electron chi connectivity index (χ2n) is 2.91. The average molecular weight is 178 g/mol. The standard InChI is InChI=1S/C12H10O.Li.H/c13-12-8-6-11(7-9-12)10-4-2-1-3-5-10;;/h1-9,13H;;. The first-order valence-corrected chi connectivity index (χ1v) is 4.21. The van der Waals surface area contributed by atoms with Crippen molar-refractivity contribution in [3.63, 3.8) is 0 Å². The molecule has 2 rings (SSSR count). The van der Waals surface area contributed by atoms with Crippen LogP contribution in [0.5, 0.6) is 5.75 Å². The molecule has 2 aromatic carbocycles. The first-order valence-electron chi connectivity index (χ1n) is 4.21. The van der Waals surface area contributed by atoms with Crippen molar-refractivity contribution in [3.8, 4) is 16.9 Å². The van der Waals surface area contributed by atoms with Crippen molar-refractivity contribution < 1.29 is 5.11 Å². The molecule has 0 radical (unpaired) electrons. The Morgan fingerprint density at radius 3 is 1.71 bits per heavy atom. The third kappa shape index (κ3) is 2.42. The minimum atomic E-state index is 0. The summed E-state index contributed by atoms with van der Waals surface area (Å²) in [5.41, 5.74) is 2.29. The minimum absolute atomic E-state index is 0. The molecular formula is C12H11LiO. The molecule has 0 aliphatic carbocycles. The monoisotopic (exact) mass is 178 g/mol. The zero-order valence-corrected chi connectivity index (χ0v) is 7.14. The fourth-order valence-corrected chi connectivity index (χ4v) is 1.28. The van der Waals surface area contributed by atoms with Gasteiger partial charge in [0.15, 0.2) is 0 Å². The molecule has 0 fully saturated rings. The fraction of sp³-hybridized carbons (Fsp3) is 0. The molecule has 0 spiro atoms. The van der Waals surface area contributed by atoms with E-state index in [1.165, 1.54) is 5.56 Å². The van der Waals surface area contributed by atoms with Crippen molar-refractivity contribution in [3.05, 3.63) is 54.6 Å². The molecule has 0 aliphatic rings. The van der Waals surface area contributed by atoms with Crippen LogP contribution in [-0.4, -0.2) is 24.0 Å². The van der Waals surface area contributed by atoms with Crippen LogP contribution in [-0.2, 0) is 0 Å². The van der Waals surface area contributed by atoms with Gasteiger partial charge in [-0.05, 0) is 23.3 Å². The molecule has 2 heteroatoms. The maximum absolute atomic E-state index is 9.10. The summed E-state index contributed by atoms with van der Waals surface area (Å²) < 4.78 is 0. The summed E-state index contributed by atoms with van der Waals surface area (Å²) in [5, 5.41) is 9.10. The second kappa shape index (κ2) is 4.90. The van der Waals surface area contributed by atoms with Crippen molar-refractivity contribution >= 4 is 18.9 Å². The average Bonchev–Trinajstić information content (AvgIpc) is 2.20. The van der Waals surface area contributed by atoms with Crippen molar-refractivity contribution in [2.75, 3.05) is 0 Å². The number of hydrogen-bond acceptors (Lipinski definition) is 1. The van der Waals surface area contributed by atoms with Crippen LogP contribution in [0.15, 0.2) is 54.6 Å². The van der Waals surface area contributed by atoms with Crippen LogP contribution in [0.3, 0.4) is 0 Å². The van der Waals surface area contributed by atoms with Crippen LogP contribution in [0.1, 0.15) is 0 Å². The molecule has 0 saturated heterocycles. The van der Waals surface area contributed by atoms with Crippen LogP contribution < -0.4 is 0 Å². The van der Waals surface area contributed by atoms with E-state index in [-0.39, 0.29) is 18.9 Å². The number of phenols is 1. The zero-order chi connectivity index (χ0) is 9.10. The van der Waals surface area contributed by atoms with Gasteiger partial charge in [-0.15, -0.1) is 0 Å². The Hall–Kier alpha value is -1.16. The summed E-state index contributed by atoms with van der Waals surface area (Å²) in [5.74, 6) is 0.305. The Kier molecular flexibility index (Phi) is 3.82. The topological polar surface area (TPSA) is 20.2 Å². The summed E-state index contributed by atoms with van der Waals surface area (Å²) in [6, 6.07) is 17.3.